The molecule has 0 amide bonds. The van der Waals surface area contributed by atoms with Crippen molar-refractivity contribution in [3.63, 3.8) is 0 Å². The van der Waals surface area contributed by atoms with E-state index in [9.17, 15) is 4.79 Å². The van der Waals surface area contributed by atoms with E-state index in [2.05, 4.69) is 6.92 Å². The van der Waals surface area contributed by atoms with E-state index in [0.29, 0.717) is 79.3 Å². The lowest BCUT2D eigenvalue weighted by molar-refractivity contribution is -0.150. The lowest BCUT2D eigenvalue weighted by atomic mass is 10.00. The number of methoxy groups -OCH3 is 1. The predicted molar refractivity (Wildman–Crippen MR) is 110 cm³/mol. The number of unbranched alkanes of at least 4 members (excludes halogenated alkanes) is 1. The molecule has 0 aliphatic carbocycles. The molecule has 0 bridgehead atoms. The van der Waals surface area contributed by atoms with Crippen LogP contribution < -0.4 is 0 Å². The molecule has 0 heterocycles. The summed E-state index contributed by atoms with van der Waals surface area (Å²) in [5, 5.41) is 0. The van der Waals surface area contributed by atoms with E-state index in [-0.39, 0.29) is 11.9 Å². The van der Waals surface area contributed by atoms with Gasteiger partial charge in [0.1, 0.15) is 6.61 Å². The fraction of sp³-hybridized carbons (Fsp3) is 0.952. The Kier molecular flexibility index (Phi) is 22.9. The molecule has 29 heavy (non-hydrogen) atoms. The summed E-state index contributed by atoms with van der Waals surface area (Å²) >= 11 is 0. The standard InChI is InChI=1S/C21H42O8/c1-4-6-7-20(5-2)21(22)29-19-18-28-17-16-27-15-14-26-13-12-25-11-10-24-9-8-23-3/h20H,4-19H2,1-3H3. The number of esters is 1. The molecule has 1 unspecified atom stereocenters. The zero-order valence-corrected chi connectivity index (χ0v) is 18.7. The molecule has 0 radical (unpaired) electrons. The first kappa shape index (κ1) is 28.2. The maximum absolute atomic E-state index is 11.9. The van der Waals surface area contributed by atoms with Crippen LogP contribution >= 0.6 is 0 Å². The highest BCUT2D eigenvalue weighted by Crippen LogP contribution is 2.14. The van der Waals surface area contributed by atoms with E-state index in [1.807, 2.05) is 6.92 Å². The number of ether oxygens (including phenoxy) is 7. The van der Waals surface area contributed by atoms with E-state index in [1.165, 1.54) is 0 Å². The summed E-state index contributed by atoms with van der Waals surface area (Å²) in [6, 6.07) is 0. The van der Waals surface area contributed by atoms with Crippen molar-refractivity contribution in [3.05, 3.63) is 0 Å². The Morgan fingerprint density at radius 2 is 1.07 bits per heavy atom. The lowest BCUT2D eigenvalue weighted by Crippen LogP contribution is -2.20. The zero-order chi connectivity index (χ0) is 21.4. The summed E-state index contributed by atoms with van der Waals surface area (Å²) in [5.74, 6) is -0.0986. The van der Waals surface area contributed by atoms with Gasteiger partial charge in [0.25, 0.3) is 0 Å². The first-order chi connectivity index (χ1) is 14.3. The highest BCUT2D eigenvalue weighted by atomic mass is 16.6. The highest BCUT2D eigenvalue weighted by Gasteiger charge is 2.16. The van der Waals surface area contributed by atoms with Gasteiger partial charge in [-0.15, -0.1) is 0 Å². The van der Waals surface area contributed by atoms with E-state index < -0.39 is 0 Å². The monoisotopic (exact) mass is 422 g/mol. The summed E-state index contributed by atoms with van der Waals surface area (Å²) in [5.41, 5.74) is 0. The van der Waals surface area contributed by atoms with Crippen LogP contribution in [0.25, 0.3) is 0 Å². The smallest absolute Gasteiger partial charge is 0.308 e. The molecule has 0 saturated heterocycles. The average molecular weight is 423 g/mol. The van der Waals surface area contributed by atoms with Crippen LogP contribution in [0.5, 0.6) is 0 Å². The van der Waals surface area contributed by atoms with Gasteiger partial charge in [-0.3, -0.25) is 4.79 Å². The van der Waals surface area contributed by atoms with Gasteiger partial charge in [0.2, 0.25) is 0 Å². The van der Waals surface area contributed by atoms with Crippen LogP contribution in [0.4, 0.5) is 0 Å². The SMILES string of the molecule is CCCCC(CC)C(=O)OCCOCCOCCOCCOCCOCCOC. The molecular weight excluding hydrogens is 380 g/mol. The fourth-order valence-electron chi connectivity index (χ4n) is 2.38. The van der Waals surface area contributed by atoms with Crippen LogP contribution in [0, 0.1) is 5.92 Å². The second-order valence-electron chi connectivity index (χ2n) is 6.47. The highest BCUT2D eigenvalue weighted by molar-refractivity contribution is 5.72. The van der Waals surface area contributed by atoms with Gasteiger partial charge in [-0.2, -0.15) is 0 Å². The molecule has 0 N–H and O–H groups in total. The fourth-order valence-corrected chi connectivity index (χ4v) is 2.38. The van der Waals surface area contributed by atoms with Gasteiger partial charge in [-0.05, 0) is 12.8 Å². The summed E-state index contributed by atoms with van der Waals surface area (Å²) in [4.78, 5) is 11.9. The lowest BCUT2D eigenvalue weighted by Gasteiger charge is -2.13. The van der Waals surface area contributed by atoms with Crippen LogP contribution in [0.1, 0.15) is 39.5 Å². The van der Waals surface area contributed by atoms with Gasteiger partial charge in [-0.25, -0.2) is 0 Å². The second kappa shape index (κ2) is 23.5. The van der Waals surface area contributed by atoms with Crippen LogP contribution in [0.15, 0.2) is 0 Å². The summed E-state index contributed by atoms with van der Waals surface area (Å²) in [7, 11) is 1.64. The molecule has 0 aliphatic rings. The number of carbonyl (C=O) groups excluding carboxylic acids is 1. The van der Waals surface area contributed by atoms with Crippen LogP contribution in [0.3, 0.4) is 0 Å². The third-order valence-electron chi connectivity index (χ3n) is 4.12. The molecule has 0 aromatic rings. The number of rotatable bonds is 23. The summed E-state index contributed by atoms with van der Waals surface area (Å²) < 4.78 is 37.0. The van der Waals surface area contributed by atoms with Gasteiger partial charge in [0.15, 0.2) is 0 Å². The van der Waals surface area contributed by atoms with Crippen molar-refractivity contribution in [1.29, 1.82) is 0 Å². The second-order valence-corrected chi connectivity index (χ2v) is 6.47. The minimum Gasteiger partial charge on any atom is -0.463 e. The van der Waals surface area contributed by atoms with Crippen LogP contribution in [-0.4, -0.2) is 92.4 Å². The van der Waals surface area contributed by atoms with Crippen molar-refractivity contribution in [2.45, 2.75) is 39.5 Å². The Hall–Kier alpha value is -0.770. The molecule has 0 saturated carbocycles. The maximum atomic E-state index is 11.9. The van der Waals surface area contributed by atoms with Crippen molar-refractivity contribution < 1.29 is 38.0 Å². The predicted octanol–water partition coefficient (Wildman–Crippen LogP) is 2.48. The first-order valence-electron chi connectivity index (χ1n) is 10.8. The summed E-state index contributed by atoms with van der Waals surface area (Å²) in [6.07, 6.45) is 3.88. The van der Waals surface area contributed by atoms with Crippen molar-refractivity contribution in [1.82, 2.24) is 0 Å². The van der Waals surface area contributed by atoms with E-state index in [0.717, 1.165) is 25.7 Å². The Balaban J connectivity index is 3.23. The Morgan fingerprint density at radius 1 is 0.655 bits per heavy atom. The molecule has 0 fully saturated rings. The van der Waals surface area contributed by atoms with Crippen molar-refractivity contribution in [3.8, 4) is 0 Å². The Morgan fingerprint density at radius 3 is 1.45 bits per heavy atom. The molecule has 174 valence electrons. The number of carbonyl (C=O) groups is 1. The molecule has 1 atom stereocenters. The molecule has 0 rings (SSSR count). The first-order valence-corrected chi connectivity index (χ1v) is 10.8. The third-order valence-corrected chi connectivity index (χ3v) is 4.12. The number of hydrogen-bond donors (Lipinski definition) is 0. The topological polar surface area (TPSA) is 81.7 Å². The van der Waals surface area contributed by atoms with E-state index >= 15 is 0 Å². The van der Waals surface area contributed by atoms with Gasteiger partial charge in [-0.1, -0.05) is 26.7 Å². The van der Waals surface area contributed by atoms with Gasteiger partial charge in [0, 0.05) is 7.11 Å². The average Bonchev–Trinajstić information content (AvgIpc) is 2.73. The zero-order valence-electron chi connectivity index (χ0n) is 18.7. The van der Waals surface area contributed by atoms with E-state index in [4.69, 9.17) is 33.2 Å². The molecular formula is C21H42O8. The minimum absolute atomic E-state index is 0.0120. The summed E-state index contributed by atoms with van der Waals surface area (Å²) in [6.45, 7) is 10.2. The molecule has 0 aromatic heterocycles. The molecule has 8 nitrogen and oxygen atoms in total. The minimum atomic E-state index is -0.111. The third kappa shape index (κ3) is 20.3. The molecule has 8 heteroatoms. The largest absolute Gasteiger partial charge is 0.463 e. The van der Waals surface area contributed by atoms with Crippen LogP contribution in [-0.2, 0) is 38.0 Å². The van der Waals surface area contributed by atoms with Crippen molar-refractivity contribution in [2.24, 2.45) is 5.92 Å². The maximum Gasteiger partial charge on any atom is 0.308 e. The van der Waals surface area contributed by atoms with Crippen molar-refractivity contribution in [2.75, 3.05) is 86.4 Å². The normalized spacial score (nSPS) is 12.2. The van der Waals surface area contributed by atoms with Gasteiger partial charge in [0.05, 0.1) is 78.6 Å². The van der Waals surface area contributed by atoms with E-state index in [1.54, 1.807) is 7.11 Å². The molecule has 0 aromatic carbocycles. The number of hydrogen-bond acceptors (Lipinski definition) is 8. The quantitative estimate of drug-likeness (QED) is 0.183. The van der Waals surface area contributed by atoms with Gasteiger partial charge >= 0.3 is 5.97 Å². The van der Waals surface area contributed by atoms with Gasteiger partial charge < -0.3 is 33.2 Å². The molecule has 0 aliphatic heterocycles. The van der Waals surface area contributed by atoms with Crippen molar-refractivity contribution >= 4 is 5.97 Å². The Bertz CT molecular complexity index is 341. The molecule has 0 spiro atoms. The Labute approximate surface area is 176 Å². The van der Waals surface area contributed by atoms with Crippen LogP contribution in [0.2, 0.25) is 0 Å².